The summed E-state index contributed by atoms with van der Waals surface area (Å²) in [6.45, 7) is 6.71. The van der Waals surface area contributed by atoms with Crippen LogP contribution in [0.25, 0.3) is 0 Å². The maximum atomic E-state index is 12.0. The summed E-state index contributed by atoms with van der Waals surface area (Å²) in [5.74, 6) is -2.43. The summed E-state index contributed by atoms with van der Waals surface area (Å²) < 4.78 is 26.3. The van der Waals surface area contributed by atoms with Crippen LogP contribution in [0, 0.1) is 0 Å². The van der Waals surface area contributed by atoms with Gasteiger partial charge in [0.2, 0.25) is 10.0 Å². The zero-order valence-corrected chi connectivity index (χ0v) is 19.3. The molecule has 0 spiro atoms. The second kappa shape index (κ2) is 13.2. The number of sulfonamides is 1. The quantitative estimate of drug-likeness (QED) is 0.464. The number of carboxylic acid groups (broad SMARTS) is 2. The van der Waals surface area contributed by atoms with Crippen LogP contribution < -0.4 is 4.72 Å². The van der Waals surface area contributed by atoms with E-state index < -0.39 is 22.0 Å². The van der Waals surface area contributed by atoms with Gasteiger partial charge in [-0.25, -0.2) is 22.7 Å². The molecule has 9 heteroatoms. The lowest BCUT2D eigenvalue weighted by Crippen LogP contribution is -2.40. The van der Waals surface area contributed by atoms with E-state index in [1.54, 1.807) is 0 Å². The molecule has 0 amide bonds. The number of nitrogens with zero attached hydrogens (tertiary/aromatic N) is 1. The smallest absolute Gasteiger partial charge is 0.328 e. The van der Waals surface area contributed by atoms with E-state index in [1.165, 1.54) is 37.4 Å². The fraction of sp³-hybridized carbons (Fsp3) is 0.545. The van der Waals surface area contributed by atoms with Gasteiger partial charge in [0.05, 0.1) is 5.75 Å². The van der Waals surface area contributed by atoms with Gasteiger partial charge in [0, 0.05) is 18.2 Å². The van der Waals surface area contributed by atoms with Crippen molar-refractivity contribution in [2.24, 2.45) is 0 Å². The molecule has 0 heterocycles. The maximum absolute atomic E-state index is 12.0. The van der Waals surface area contributed by atoms with Crippen LogP contribution in [0.2, 0.25) is 0 Å². The molecule has 0 saturated carbocycles. The summed E-state index contributed by atoms with van der Waals surface area (Å²) in [6.07, 6.45) is 6.65. The number of carbonyl (C=O) groups is 2. The molecule has 8 nitrogen and oxygen atoms in total. The van der Waals surface area contributed by atoms with Gasteiger partial charge in [0.1, 0.15) is 0 Å². The zero-order valence-electron chi connectivity index (χ0n) is 18.5. The van der Waals surface area contributed by atoms with Crippen LogP contribution in [0.5, 0.6) is 0 Å². The SMILES string of the molecule is CCCN(CCC)[C@@H]1CCc2cccc(CS(=O)(=O)NC)c2C1.O=C(O)/C=C\C(=O)O. The molecule has 0 unspecified atom stereocenters. The molecule has 0 saturated heterocycles. The first-order valence-corrected chi connectivity index (χ1v) is 12.2. The van der Waals surface area contributed by atoms with Crippen molar-refractivity contribution in [2.75, 3.05) is 20.1 Å². The molecule has 3 N–H and O–H groups in total. The average Bonchev–Trinajstić information content (AvgIpc) is 2.72. The second-order valence-corrected chi connectivity index (χ2v) is 9.39. The molecule has 1 aromatic carbocycles. The molecule has 0 bridgehead atoms. The van der Waals surface area contributed by atoms with Crippen molar-refractivity contribution < 1.29 is 28.2 Å². The number of hydrogen-bond acceptors (Lipinski definition) is 5. The fourth-order valence-corrected chi connectivity index (χ4v) is 4.59. The normalized spacial score (nSPS) is 15.9. The third-order valence-corrected chi connectivity index (χ3v) is 6.43. The van der Waals surface area contributed by atoms with Crippen LogP contribution in [-0.2, 0) is 38.2 Å². The van der Waals surface area contributed by atoms with E-state index in [-0.39, 0.29) is 5.75 Å². The molecule has 1 aliphatic carbocycles. The Bertz CT molecular complexity index is 845. The highest BCUT2D eigenvalue weighted by molar-refractivity contribution is 7.88. The molecular formula is C22H34N2O6S. The lowest BCUT2D eigenvalue weighted by Gasteiger charge is -2.35. The molecule has 31 heavy (non-hydrogen) atoms. The van der Waals surface area contributed by atoms with Gasteiger partial charge in [-0.3, -0.25) is 0 Å². The number of aliphatic carboxylic acids is 2. The molecule has 0 fully saturated rings. The van der Waals surface area contributed by atoms with E-state index in [0.717, 1.165) is 31.5 Å². The fourth-order valence-electron chi connectivity index (χ4n) is 3.76. The van der Waals surface area contributed by atoms with E-state index in [1.807, 2.05) is 12.1 Å². The summed E-state index contributed by atoms with van der Waals surface area (Å²) in [5.41, 5.74) is 3.56. The van der Waals surface area contributed by atoms with Crippen molar-refractivity contribution in [1.82, 2.24) is 9.62 Å². The lowest BCUT2D eigenvalue weighted by molar-refractivity contribution is -0.134. The number of benzene rings is 1. The number of hydrogen-bond donors (Lipinski definition) is 3. The lowest BCUT2D eigenvalue weighted by atomic mass is 9.85. The summed E-state index contributed by atoms with van der Waals surface area (Å²) in [4.78, 5) is 21.7. The van der Waals surface area contributed by atoms with Crippen LogP contribution in [0.15, 0.2) is 30.4 Å². The standard InChI is InChI=1S/C18H30N2O2S.C4H4O4/c1-4-11-20(12-5-2)17-10-9-15-7-6-8-16(18(15)13-17)14-23(21,22)19-3;5-3(6)1-2-4(7)8/h6-8,17,19H,4-5,9-14H2,1-3H3;1-2H,(H,5,6)(H,7,8)/b;2-1-/t17-;/m1./s1. The van der Waals surface area contributed by atoms with Crippen LogP contribution in [0.3, 0.4) is 0 Å². The van der Waals surface area contributed by atoms with E-state index in [2.05, 4.69) is 29.5 Å². The Hall–Kier alpha value is -2.23. The Morgan fingerprint density at radius 2 is 1.71 bits per heavy atom. The van der Waals surface area contributed by atoms with Gasteiger partial charge in [-0.1, -0.05) is 32.0 Å². The van der Waals surface area contributed by atoms with Crippen molar-refractivity contribution >= 4 is 22.0 Å². The van der Waals surface area contributed by atoms with Gasteiger partial charge in [-0.05, 0) is 68.9 Å². The molecule has 1 atom stereocenters. The molecule has 2 rings (SSSR count). The van der Waals surface area contributed by atoms with E-state index >= 15 is 0 Å². The number of rotatable bonds is 10. The van der Waals surface area contributed by atoms with Crippen molar-refractivity contribution in [1.29, 1.82) is 0 Å². The average molecular weight is 455 g/mol. The summed E-state index contributed by atoms with van der Waals surface area (Å²) in [5, 5.41) is 15.6. The van der Waals surface area contributed by atoms with Crippen molar-refractivity contribution in [3.63, 3.8) is 0 Å². The molecule has 0 aromatic heterocycles. The van der Waals surface area contributed by atoms with E-state index in [9.17, 15) is 18.0 Å². The Balaban J connectivity index is 0.000000512. The molecule has 0 aliphatic heterocycles. The predicted molar refractivity (Wildman–Crippen MR) is 121 cm³/mol. The Labute approximate surface area is 185 Å². The maximum Gasteiger partial charge on any atom is 0.328 e. The number of aryl methyl sites for hydroxylation is 1. The topological polar surface area (TPSA) is 124 Å². The molecule has 1 aliphatic rings. The first kappa shape index (κ1) is 26.8. The highest BCUT2D eigenvalue weighted by Gasteiger charge is 2.26. The second-order valence-electron chi connectivity index (χ2n) is 7.46. The van der Waals surface area contributed by atoms with Crippen molar-refractivity contribution in [3.8, 4) is 0 Å². The monoisotopic (exact) mass is 454 g/mol. The molecule has 0 radical (unpaired) electrons. The summed E-state index contributed by atoms with van der Waals surface area (Å²) >= 11 is 0. The van der Waals surface area contributed by atoms with Gasteiger partial charge in [-0.15, -0.1) is 0 Å². The van der Waals surface area contributed by atoms with Crippen LogP contribution >= 0.6 is 0 Å². The molecule has 1 aromatic rings. The van der Waals surface area contributed by atoms with Crippen LogP contribution in [0.1, 0.15) is 49.8 Å². The van der Waals surface area contributed by atoms with Gasteiger partial charge >= 0.3 is 11.9 Å². The molecular weight excluding hydrogens is 420 g/mol. The van der Waals surface area contributed by atoms with Gasteiger partial charge < -0.3 is 15.1 Å². The third-order valence-electron chi connectivity index (χ3n) is 5.12. The van der Waals surface area contributed by atoms with Gasteiger partial charge in [0.25, 0.3) is 0 Å². The Morgan fingerprint density at radius 1 is 1.13 bits per heavy atom. The van der Waals surface area contributed by atoms with Gasteiger partial charge in [-0.2, -0.15) is 0 Å². The minimum absolute atomic E-state index is 0.0843. The predicted octanol–water partition coefficient (Wildman–Crippen LogP) is 2.43. The third kappa shape index (κ3) is 9.63. The van der Waals surface area contributed by atoms with E-state index in [4.69, 9.17) is 10.2 Å². The van der Waals surface area contributed by atoms with E-state index in [0.29, 0.717) is 18.2 Å². The first-order valence-electron chi connectivity index (χ1n) is 10.5. The van der Waals surface area contributed by atoms with Crippen molar-refractivity contribution in [2.45, 2.75) is 57.7 Å². The highest BCUT2D eigenvalue weighted by Crippen LogP contribution is 2.28. The summed E-state index contributed by atoms with van der Waals surface area (Å²) in [7, 11) is -1.74. The van der Waals surface area contributed by atoms with Crippen molar-refractivity contribution in [3.05, 3.63) is 47.0 Å². The van der Waals surface area contributed by atoms with Gasteiger partial charge in [0.15, 0.2) is 0 Å². The largest absolute Gasteiger partial charge is 0.478 e. The Morgan fingerprint density at radius 3 is 2.19 bits per heavy atom. The minimum Gasteiger partial charge on any atom is -0.478 e. The van der Waals surface area contributed by atoms with Crippen LogP contribution in [-0.4, -0.2) is 61.6 Å². The highest BCUT2D eigenvalue weighted by atomic mass is 32.2. The number of carboxylic acids is 2. The molecule has 174 valence electrons. The number of fused-ring (bicyclic) bond motifs is 1. The van der Waals surface area contributed by atoms with Crippen LogP contribution in [0.4, 0.5) is 0 Å². The Kier molecular flexibility index (Phi) is 11.4. The zero-order chi connectivity index (χ0) is 23.4. The minimum atomic E-state index is -3.23. The summed E-state index contributed by atoms with van der Waals surface area (Å²) in [6, 6.07) is 6.67. The number of nitrogens with one attached hydrogen (secondary N) is 1. The first-order chi connectivity index (χ1) is 14.6.